The highest BCUT2D eigenvalue weighted by Crippen LogP contribution is 2.56. The molecule has 0 saturated heterocycles. The smallest absolute Gasteiger partial charge is 0.153 e. The third-order valence-corrected chi connectivity index (χ3v) is 8.01. The summed E-state index contributed by atoms with van der Waals surface area (Å²) in [5.41, 5.74) is 1.70. The standard InChI is InChI=1S/C24H28N6O/c31-24-10-13-6-15(11-24)22(16(7-13)12-24)28-23-17-2-1-5-25-19(17)9-20(27-23)26-21-8-18(29-30-21)14-3-4-14/h1-2,5,8-9,13-16,22,31H,3-4,6-7,10-12H2,(H3,26,27,28,29,30). The lowest BCUT2D eigenvalue weighted by Gasteiger charge is -2.58. The van der Waals surface area contributed by atoms with Crippen LogP contribution < -0.4 is 10.6 Å². The molecule has 5 fully saturated rings. The van der Waals surface area contributed by atoms with Gasteiger partial charge in [0, 0.05) is 41.4 Å². The minimum Gasteiger partial charge on any atom is -0.390 e. The van der Waals surface area contributed by atoms with Gasteiger partial charge in [-0.05, 0) is 74.8 Å². The maximum absolute atomic E-state index is 10.9. The van der Waals surface area contributed by atoms with Crippen molar-refractivity contribution >= 4 is 28.4 Å². The maximum Gasteiger partial charge on any atom is 0.153 e. The molecule has 3 aromatic heterocycles. The summed E-state index contributed by atoms with van der Waals surface area (Å²) < 4.78 is 0. The summed E-state index contributed by atoms with van der Waals surface area (Å²) in [7, 11) is 0. The van der Waals surface area contributed by atoms with Crippen molar-refractivity contribution < 1.29 is 5.11 Å². The Morgan fingerprint density at radius 3 is 2.68 bits per heavy atom. The van der Waals surface area contributed by atoms with Crippen molar-refractivity contribution in [3.05, 3.63) is 36.2 Å². The van der Waals surface area contributed by atoms with Crippen molar-refractivity contribution in [2.75, 3.05) is 10.6 Å². The largest absolute Gasteiger partial charge is 0.390 e. The molecule has 2 atom stereocenters. The molecule has 0 radical (unpaired) electrons. The van der Waals surface area contributed by atoms with E-state index >= 15 is 0 Å². The van der Waals surface area contributed by atoms with Gasteiger partial charge < -0.3 is 15.7 Å². The zero-order chi connectivity index (χ0) is 20.6. The monoisotopic (exact) mass is 416 g/mol. The van der Waals surface area contributed by atoms with Crippen LogP contribution in [0.2, 0.25) is 0 Å². The molecule has 8 rings (SSSR count). The molecule has 7 heteroatoms. The van der Waals surface area contributed by atoms with Gasteiger partial charge in [-0.15, -0.1) is 0 Å². The van der Waals surface area contributed by atoms with E-state index in [-0.39, 0.29) is 0 Å². The van der Waals surface area contributed by atoms with E-state index in [0.717, 1.165) is 47.6 Å². The van der Waals surface area contributed by atoms with Crippen LogP contribution in [0, 0.1) is 17.8 Å². The number of aromatic amines is 1. The predicted octanol–water partition coefficient (Wildman–Crippen LogP) is 4.33. The van der Waals surface area contributed by atoms with Gasteiger partial charge in [-0.3, -0.25) is 10.1 Å². The molecular weight excluding hydrogens is 388 g/mol. The SMILES string of the molecule is OC12CC3CC(C1)C(Nc1nc(Nc4cc(C5CC5)[nH]n4)cc4ncccc14)C(C3)C2. The Labute approximate surface area is 181 Å². The van der Waals surface area contributed by atoms with E-state index in [4.69, 9.17) is 4.98 Å². The number of rotatable bonds is 5. The Bertz CT molecular complexity index is 1140. The fraction of sp³-hybridized carbons (Fsp3) is 0.542. The quantitative estimate of drug-likeness (QED) is 0.494. The van der Waals surface area contributed by atoms with E-state index < -0.39 is 5.60 Å². The third-order valence-electron chi connectivity index (χ3n) is 8.01. The lowest BCUT2D eigenvalue weighted by molar-refractivity contribution is -0.129. The molecule has 31 heavy (non-hydrogen) atoms. The first kappa shape index (κ1) is 18.0. The number of hydrogen-bond donors (Lipinski definition) is 4. The molecule has 5 aliphatic rings. The van der Waals surface area contributed by atoms with Crippen molar-refractivity contribution in [2.45, 2.75) is 62.5 Å². The van der Waals surface area contributed by atoms with Crippen LogP contribution in [0.4, 0.5) is 17.5 Å². The van der Waals surface area contributed by atoms with Crippen LogP contribution >= 0.6 is 0 Å². The summed E-state index contributed by atoms with van der Waals surface area (Å²) in [5, 5.41) is 26.7. The molecule has 7 nitrogen and oxygen atoms in total. The average molecular weight is 417 g/mol. The lowest BCUT2D eigenvalue weighted by Crippen LogP contribution is -2.59. The van der Waals surface area contributed by atoms with Gasteiger partial charge in [0.2, 0.25) is 0 Å². The summed E-state index contributed by atoms with van der Waals surface area (Å²) in [6.45, 7) is 0. The Morgan fingerprint density at radius 1 is 1.06 bits per heavy atom. The van der Waals surface area contributed by atoms with Crippen LogP contribution in [0.1, 0.15) is 56.6 Å². The second kappa shape index (κ2) is 6.42. The Balaban J connectivity index is 1.21. The number of fused-ring (bicyclic) bond motifs is 1. The van der Waals surface area contributed by atoms with Crippen LogP contribution in [-0.4, -0.2) is 36.9 Å². The number of aliphatic hydroxyl groups is 1. The normalized spacial score (nSPS) is 33.7. The van der Waals surface area contributed by atoms with Gasteiger partial charge in [-0.25, -0.2) is 4.98 Å². The number of nitrogens with zero attached hydrogens (tertiary/aromatic N) is 3. The summed E-state index contributed by atoms with van der Waals surface area (Å²) in [5.74, 6) is 4.81. The highest BCUT2D eigenvalue weighted by atomic mass is 16.3. The van der Waals surface area contributed by atoms with Crippen LogP contribution in [0.5, 0.6) is 0 Å². The lowest BCUT2D eigenvalue weighted by atomic mass is 9.52. The van der Waals surface area contributed by atoms with Crippen LogP contribution in [-0.2, 0) is 0 Å². The number of pyridine rings is 2. The zero-order valence-corrected chi connectivity index (χ0v) is 17.5. The Kier molecular flexibility index (Phi) is 3.72. The fourth-order valence-corrected chi connectivity index (χ4v) is 6.76. The van der Waals surface area contributed by atoms with Gasteiger partial charge in [0.05, 0.1) is 11.1 Å². The highest BCUT2D eigenvalue weighted by molar-refractivity contribution is 5.91. The van der Waals surface area contributed by atoms with Crippen molar-refractivity contribution in [1.82, 2.24) is 20.2 Å². The molecule has 160 valence electrons. The minimum absolute atomic E-state index is 0.370. The molecule has 0 aliphatic heterocycles. The molecule has 0 spiro atoms. The summed E-state index contributed by atoms with van der Waals surface area (Å²) >= 11 is 0. The molecule has 5 saturated carbocycles. The number of H-pyrrole nitrogens is 1. The van der Waals surface area contributed by atoms with Crippen molar-refractivity contribution in [3.8, 4) is 0 Å². The molecule has 3 heterocycles. The van der Waals surface area contributed by atoms with Crippen LogP contribution in [0.3, 0.4) is 0 Å². The molecule has 3 aromatic rings. The Morgan fingerprint density at radius 2 is 1.90 bits per heavy atom. The highest BCUT2D eigenvalue weighted by Gasteiger charge is 2.54. The zero-order valence-electron chi connectivity index (χ0n) is 17.5. The van der Waals surface area contributed by atoms with Crippen molar-refractivity contribution in [2.24, 2.45) is 17.8 Å². The van der Waals surface area contributed by atoms with E-state index in [1.807, 2.05) is 18.3 Å². The molecular formula is C24H28N6O. The molecule has 2 unspecified atom stereocenters. The summed E-state index contributed by atoms with van der Waals surface area (Å²) in [4.78, 5) is 9.55. The van der Waals surface area contributed by atoms with E-state index in [1.165, 1.54) is 31.4 Å². The topological polar surface area (TPSA) is 98.8 Å². The maximum atomic E-state index is 10.9. The van der Waals surface area contributed by atoms with Crippen molar-refractivity contribution in [1.29, 1.82) is 0 Å². The van der Waals surface area contributed by atoms with E-state index in [2.05, 4.69) is 37.9 Å². The third kappa shape index (κ3) is 3.09. The predicted molar refractivity (Wildman–Crippen MR) is 119 cm³/mol. The van der Waals surface area contributed by atoms with E-state index in [0.29, 0.717) is 29.7 Å². The summed E-state index contributed by atoms with van der Waals surface area (Å²) in [6.07, 6.45) is 9.61. The second-order valence-electron chi connectivity index (χ2n) is 10.4. The van der Waals surface area contributed by atoms with Crippen LogP contribution in [0.15, 0.2) is 30.5 Å². The molecule has 4 bridgehead atoms. The number of anilines is 3. The molecule has 5 aliphatic carbocycles. The van der Waals surface area contributed by atoms with Crippen LogP contribution in [0.25, 0.3) is 10.9 Å². The van der Waals surface area contributed by atoms with E-state index in [1.54, 1.807) is 0 Å². The van der Waals surface area contributed by atoms with Gasteiger partial charge in [-0.1, -0.05) is 0 Å². The number of aromatic nitrogens is 4. The second-order valence-corrected chi connectivity index (χ2v) is 10.4. The van der Waals surface area contributed by atoms with Gasteiger partial charge in [0.25, 0.3) is 0 Å². The molecule has 4 N–H and O–H groups in total. The first-order valence-electron chi connectivity index (χ1n) is 11.7. The van der Waals surface area contributed by atoms with Crippen molar-refractivity contribution in [3.63, 3.8) is 0 Å². The van der Waals surface area contributed by atoms with Gasteiger partial charge in [0.1, 0.15) is 11.6 Å². The Hall–Kier alpha value is -2.67. The van der Waals surface area contributed by atoms with E-state index in [9.17, 15) is 5.11 Å². The molecule has 0 amide bonds. The fourth-order valence-electron chi connectivity index (χ4n) is 6.76. The number of nitrogens with one attached hydrogen (secondary N) is 3. The first-order valence-corrected chi connectivity index (χ1v) is 11.7. The van der Waals surface area contributed by atoms with Gasteiger partial charge in [0.15, 0.2) is 5.82 Å². The molecule has 0 aromatic carbocycles. The average Bonchev–Trinajstić information content (AvgIpc) is 3.49. The van der Waals surface area contributed by atoms with Gasteiger partial charge in [-0.2, -0.15) is 5.10 Å². The number of hydrogen-bond acceptors (Lipinski definition) is 6. The first-order chi connectivity index (χ1) is 15.1. The van der Waals surface area contributed by atoms with Gasteiger partial charge >= 0.3 is 0 Å². The summed E-state index contributed by atoms with van der Waals surface area (Å²) in [6, 6.07) is 8.51. The minimum atomic E-state index is -0.422.